The van der Waals surface area contributed by atoms with Gasteiger partial charge in [0.1, 0.15) is 11.0 Å². The van der Waals surface area contributed by atoms with E-state index in [1.165, 1.54) is 0 Å². The van der Waals surface area contributed by atoms with E-state index in [1.54, 1.807) is 24.8 Å². The topological polar surface area (TPSA) is 77.3 Å². The van der Waals surface area contributed by atoms with Crippen LogP contribution in [0.2, 0.25) is 0 Å². The van der Waals surface area contributed by atoms with Gasteiger partial charge in [-0.2, -0.15) is 0 Å². The summed E-state index contributed by atoms with van der Waals surface area (Å²) in [5.41, 5.74) is 3.44. The van der Waals surface area contributed by atoms with Crippen molar-refractivity contribution >= 4 is 32.6 Å². The lowest BCUT2D eigenvalue weighted by molar-refractivity contribution is 1.20. The van der Waals surface area contributed by atoms with Crippen molar-refractivity contribution in [3.8, 4) is 22.8 Å². The van der Waals surface area contributed by atoms with E-state index in [0.717, 1.165) is 43.7 Å². The van der Waals surface area contributed by atoms with Crippen LogP contribution < -0.4 is 0 Å². The Kier molecular flexibility index (Phi) is 3.67. The maximum absolute atomic E-state index is 4.92. The summed E-state index contributed by atoms with van der Waals surface area (Å²) in [5.74, 6) is 1.29. The van der Waals surface area contributed by atoms with Gasteiger partial charge in [-0.1, -0.05) is 24.3 Å². The minimum Gasteiger partial charge on any atom is -0.265 e. The Morgan fingerprint density at radius 1 is 0.467 bits per heavy atom. The molecule has 0 unspecified atom stereocenters. The third-order valence-electron chi connectivity index (χ3n) is 5.19. The minimum atomic E-state index is 0.644. The molecule has 0 spiro atoms. The lowest BCUT2D eigenvalue weighted by Crippen LogP contribution is -1.96. The van der Waals surface area contributed by atoms with Gasteiger partial charge in [-0.25, -0.2) is 19.9 Å². The predicted molar refractivity (Wildman–Crippen MR) is 117 cm³/mol. The van der Waals surface area contributed by atoms with Crippen molar-refractivity contribution in [3.05, 3.63) is 85.7 Å². The molecule has 6 aromatic rings. The number of fused-ring (bicyclic) bond motifs is 6. The Labute approximate surface area is 171 Å². The van der Waals surface area contributed by atoms with Gasteiger partial charge in [0.2, 0.25) is 0 Å². The molecular formula is C24H14N6. The number of aromatic nitrogens is 6. The Hall–Kier alpha value is -4.32. The fraction of sp³-hybridized carbons (Fsp3) is 0. The summed E-state index contributed by atoms with van der Waals surface area (Å²) in [6, 6.07) is 15.8. The van der Waals surface area contributed by atoms with Crippen molar-refractivity contribution in [2.75, 3.05) is 0 Å². The molecule has 0 saturated heterocycles. The summed E-state index contributed by atoms with van der Waals surface area (Å²) in [5, 5.41) is 4.11. The van der Waals surface area contributed by atoms with Crippen LogP contribution in [0.15, 0.2) is 85.7 Å². The molecule has 0 N–H and O–H groups in total. The maximum Gasteiger partial charge on any atom is 0.159 e. The van der Waals surface area contributed by atoms with E-state index in [1.807, 2.05) is 48.8 Å². The van der Waals surface area contributed by atoms with E-state index in [4.69, 9.17) is 9.97 Å². The van der Waals surface area contributed by atoms with Crippen LogP contribution >= 0.6 is 0 Å². The smallest absolute Gasteiger partial charge is 0.159 e. The molecule has 6 rings (SSSR count). The normalized spacial score (nSPS) is 11.3. The van der Waals surface area contributed by atoms with E-state index in [2.05, 4.69) is 32.1 Å². The van der Waals surface area contributed by atoms with Crippen LogP contribution in [-0.4, -0.2) is 29.9 Å². The van der Waals surface area contributed by atoms with E-state index >= 15 is 0 Å². The first-order chi connectivity index (χ1) is 14.9. The zero-order chi connectivity index (χ0) is 19.9. The molecule has 30 heavy (non-hydrogen) atoms. The predicted octanol–water partition coefficient (Wildman–Crippen LogP) is 4.85. The molecule has 0 fully saturated rings. The molecular weight excluding hydrogens is 372 g/mol. The summed E-state index contributed by atoms with van der Waals surface area (Å²) in [6.45, 7) is 0. The van der Waals surface area contributed by atoms with E-state index in [-0.39, 0.29) is 0 Å². The number of rotatable bonds is 2. The van der Waals surface area contributed by atoms with Gasteiger partial charge in [0.25, 0.3) is 0 Å². The summed E-state index contributed by atoms with van der Waals surface area (Å²) >= 11 is 0. The van der Waals surface area contributed by atoms with Crippen LogP contribution in [0.3, 0.4) is 0 Å². The van der Waals surface area contributed by atoms with Gasteiger partial charge < -0.3 is 0 Å². The number of hydrogen-bond donors (Lipinski definition) is 0. The van der Waals surface area contributed by atoms with Crippen LogP contribution in [0.1, 0.15) is 0 Å². The van der Waals surface area contributed by atoms with Crippen molar-refractivity contribution < 1.29 is 0 Å². The van der Waals surface area contributed by atoms with E-state index in [9.17, 15) is 0 Å². The Bertz CT molecular complexity index is 1410. The van der Waals surface area contributed by atoms with Gasteiger partial charge in [-0.15, -0.1) is 0 Å². The molecule has 2 aromatic carbocycles. The monoisotopic (exact) mass is 386 g/mol. The number of hydrogen-bond acceptors (Lipinski definition) is 6. The molecule has 4 heterocycles. The van der Waals surface area contributed by atoms with Gasteiger partial charge in [-0.05, 0) is 35.0 Å². The first kappa shape index (κ1) is 16.6. The Morgan fingerprint density at radius 3 is 1.33 bits per heavy atom. The molecule has 0 atom stereocenters. The van der Waals surface area contributed by atoms with E-state index in [0.29, 0.717) is 11.6 Å². The molecule has 6 heteroatoms. The van der Waals surface area contributed by atoms with Crippen molar-refractivity contribution in [2.45, 2.75) is 0 Å². The number of benzene rings is 2. The third kappa shape index (κ3) is 2.58. The fourth-order valence-electron chi connectivity index (χ4n) is 3.75. The minimum absolute atomic E-state index is 0.644. The van der Waals surface area contributed by atoms with Crippen molar-refractivity contribution in [1.82, 2.24) is 29.9 Å². The summed E-state index contributed by atoms with van der Waals surface area (Å²) in [7, 11) is 0. The SMILES string of the molecule is c1ccc2c(c1)c1cnc(-c3ccncc3)nc1c1nc(-c3ccncc3)ncc21. The van der Waals surface area contributed by atoms with Crippen LogP contribution in [0.4, 0.5) is 0 Å². The van der Waals surface area contributed by atoms with Crippen molar-refractivity contribution in [3.63, 3.8) is 0 Å². The second kappa shape index (κ2) is 6.63. The second-order valence-electron chi connectivity index (χ2n) is 6.93. The van der Waals surface area contributed by atoms with Crippen molar-refractivity contribution in [2.24, 2.45) is 0 Å². The van der Waals surface area contributed by atoms with Gasteiger partial charge in [-0.3, -0.25) is 9.97 Å². The van der Waals surface area contributed by atoms with E-state index < -0.39 is 0 Å². The van der Waals surface area contributed by atoms with Crippen molar-refractivity contribution in [1.29, 1.82) is 0 Å². The second-order valence-corrected chi connectivity index (χ2v) is 6.93. The highest BCUT2D eigenvalue weighted by Crippen LogP contribution is 2.34. The van der Waals surface area contributed by atoms with Gasteiger partial charge in [0.15, 0.2) is 11.6 Å². The first-order valence-corrected chi connectivity index (χ1v) is 9.53. The van der Waals surface area contributed by atoms with Gasteiger partial charge >= 0.3 is 0 Å². The summed E-state index contributed by atoms with van der Waals surface area (Å²) in [4.78, 5) is 27.3. The number of nitrogens with zero attached hydrogens (tertiary/aromatic N) is 6. The molecule has 6 nitrogen and oxygen atoms in total. The van der Waals surface area contributed by atoms with Crippen LogP contribution in [0, 0.1) is 0 Å². The Morgan fingerprint density at radius 2 is 0.900 bits per heavy atom. The Balaban J connectivity index is 1.73. The average molecular weight is 386 g/mol. The lowest BCUT2D eigenvalue weighted by atomic mass is 10.0. The molecule has 0 aliphatic heterocycles. The molecule has 140 valence electrons. The zero-order valence-electron chi connectivity index (χ0n) is 15.8. The average Bonchev–Trinajstić information content (AvgIpc) is 2.84. The first-order valence-electron chi connectivity index (χ1n) is 9.53. The highest BCUT2D eigenvalue weighted by Gasteiger charge is 2.14. The standard InChI is InChI=1S/C24H14N6/c1-2-4-18-17(3-1)19-13-27-23(15-5-9-25-10-6-15)29-21(19)22-20(18)14-28-24(30-22)16-7-11-26-12-8-16/h1-14H. The largest absolute Gasteiger partial charge is 0.265 e. The van der Waals surface area contributed by atoms with Crippen LogP contribution in [-0.2, 0) is 0 Å². The molecule has 0 aliphatic carbocycles. The molecule has 0 amide bonds. The highest BCUT2D eigenvalue weighted by atomic mass is 14.9. The van der Waals surface area contributed by atoms with Crippen LogP contribution in [0.25, 0.3) is 55.4 Å². The van der Waals surface area contributed by atoms with Gasteiger partial charge in [0.05, 0.1) is 0 Å². The molecule has 0 bridgehead atoms. The quantitative estimate of drug-likeness (QED) is 0.396. The summed E-state index contributed by atoms with van der Waals surface area (Å²) in [6.07, 6.45) is 10.7. The molecule has 0 radical (unpaired) electrons. The zero-order valence-corrected chi connectivity index (χ0v) is 15.8. The van der Waals surface area contributed by atoms with Crippen LogP contribution in [0.5, 0.6) is 0 Å². The molecule has 4 aromatic heterocycles. The number of pyridine rings is 2. The molecule has 0 aliphatic rings. The maximum atomic E-state index is 4.92. The lowest BCUT2D eigenvalue weighted by Gasteiger charge is -2.11. The fourth-order valence-corrected chi connectivity index (χ4v) is 3.75. The highest BCUT2D eigenvalue weighted by molar-refractivity contribution is 6.22. The summed E-state index contributed by atoms with van der Waals surface area (Å²) < 4.78 is 0. The molecule has 0 saturated carbocycles. The third-order valence-corrected chi connectivity index (χ3v) is 5.19. The van der Waals surface area contributed by atoms with Gasteiger partial charge in [0, 0.05) is 59.1 Å².